The Hall–Kier alpha value is -2.69. The quantitative estimate of drug-likeness (QED) is 0.285. The van der Waals surface area contributed by atoms with E-state index >= 15 is 0 Å². The Labute approximate surface area is 231 Å². The molecule has 0 aromatic carbocycles. The van der Waals surface area contributed by atoms with Crippen molar-refractivity contribution < 1.29 is 28.7 Å². The van der Waals surface area contributed by atoms with Crippen LogP contribution in [0.5, 0.6) is 0 Å². The number of likely N-dealkylation sites (tertiary alicyclic amines) is 1. The van der Waals surface area contributed by atoms with Crippen LogP contribution in [0.15, 0.2) is 0 Å². The van der Waals surface area contributed by atoms with Gasteiger partial charge in [-0.2, -0.15) is 0 Å². The van der Waals surface area contributed by atoms with Crippen molar-refractivity contribution in [2.24, 2.45) is 34.3 Å². The van der Waals surface area contributed by atoms with Gasteiger partial charge in [0.05, 0.1) is 18.2 Å². The number of primary amides is 1. The number of carbonyl (C=O) groups excluding carboxylic acids is 5. The number of nitrogens with one attached hydrogen (secondary N) is 3. The standard InChI is InChI=1S/C28H47N5O6/c1-26(2,3)21(31-25(38)32-27(4,5)14-39-8)24(37)33-13-16-18(28(16,6)7)19(33)23(36)30-17(20(34)22(29)35)12-15-10-9-11-15/h15-19,21H,9-14H2,1-8H3,(H2,29,35)(H,30,36)(H2,31,32,38)/t16?,17?,18?,19-,21+/m0/s1. The summed E-state index contributed by atoms with van der Waals surface area (Å²) in [5, 5.41) is 8.46. The van der Waals surface area contributed by atoms with Crippen LogP contribution in [0.1, 0.15) is 74.1 Å². The number of methoxy groups -OCH3 is 1. The van der Waals surface area contributed by atoms with Crippen LogP contribution in [0.3, 0.4) is 0 Å². The minimum Gasteiger partial charge on any atom is -0.382 e. The maximum absolute atomic E-state index is 14.0. The van der Waals surface area contributed by atoms with Crippen LogP contribution in [0.25, 0.3) is 0 Å². The Morgan fingerprint density at radius 2 is 1.67 bits per heavy atom. The first-order valence-corrected chi connectivity index (χ1v) is 13.9. The molecule has 0 aromatic heterocycles. The van der Waals surface area contributed by atoms with Gasteiger partial charge in [-0.05, 0) is 48.9 Å². The number of piperidine rings is 1. The summed E-state index contributed by atoms with van der Waals surface area (Å²) >= 11 is 0. The van der Waals surface area contributed by atoms with E-state index in [2.05, 4.69) is 29.8 Å². The van der Waals surface area contributed by atoms with Crippen LogP contribution in [-0.2, 0) is 23.9 Å². The summed E-state index contributed by atoms with van der Waals surface area (Å²) in [5.74, 6) is -2.44. The molecule has 1 saturated heterocycles. The zero-order valence-electron chi connectivity index (χ0n) is 24.7. The maximum Gasteiger partial charge on any atom is 0.315 e. The van der Waals surface area contributed by atoms with Gasteiger partial charge in [-0.15, -0.1) is 0 Å². The van der Waals surface area contributed by atoms with Crippen LogP contribution in [0, 0.1) is 28.6 Å². The van der Waals surface area contributed by atoms with Crippen molar-refractivity contribution >= 4 is 29.5 Å². The van der Waals surface area contributed by atoms with Gasteiger partial charge in [-0.3, -0.25) is 19.2 Å². The van der Waals surface area contributed by atoms with E-state index < -0.39 is 52.7 Å². The highest BCUT2D eigenvalue weighted by atomic mass is 16.5. The van der Waals surface area contributed by atoms with Gasteiger partial charge in [0, 0.05) is 13.7 Å². The van der Waals surface area contributed by atoms with Crippen LogP contribution in [0.4, 0.5) is 4.79 Å². The molecule has 3 unspecified atom stereocenters. The van der Waals surface area contributed by atoms with Crippen LogP contribution in [-0.4, -0.2) is 78.4 Å². The van der Waals surface area contributed by atoms with Gasteiger partial charge in [0.25, 0.3) is 5.91 Å². The van der Waals surface area contributed by atoms with E-state index in [4.69, 9.17) is 10.5 Å². The fourth-order valence-corrected chi connectivity index (χ4v) is 6.22. The van der Waals surface area contributed by atoms with E-state index in [0.29, 0.717) is 13.0 Å². The van der Waals surface area contributed by atoms with E-state index in [0.717, 1.165) is 19.3 Å². The molecule has 1 heterocycles. The number of rotatable bonds is 11. The smallest absolute Gasteiger partial charge is 0.315 e. The third-order valence-electron chi connectivity index (χ3n) is 8.78. The average Bonchev–Trinajstić information content (AvgIpc) is 3.11. The molecule has 0 aromatic rings. The molecule has 3 rings (SSSR count). The number of hydrogen-bond donors (Lipinski definition) is 4. The van der Waals surface area contributed by atoms with Gasteiger partial charge in [-0.1, -0.05) is 53.9 Å². The fourth-order valence-electron chi connectivity index (χ4n) is 6.22. The van der Waals surface area contributed by atoms with Crippen molar-refractivity contribution in [2.75, 3.05) is 20.3 Å². The summed E-state index contributed by atoms with van der Waals surface area (Å²) < 4.78 is 5.17. The summed E-state index contributed by atoms with van der Waals surface area (Å²) in [5.41, 5.74) is 3.83. The molecule has 220 valence electrons. The van der Waals surface area contributed by atoms with E-state index in [1.54, 1.807) is 12.0 Å². The number of hydrogen-bond acceptors (Lipinski definition) is 6. The number of ketones is 1. The highest BCUT2D eigenvalue weighted by Crippen LogP contribution is 2.65. The molecule has 2 saturated carbocycles. The van der Waals surface area contributed by atoms with Gasteiger partial charge in [-0.25, -0.2) is 4.79 Å². The first-order valence-electron chi connectivity index (χ1n) is 13.9. The Bertz CT molecular complexity index is 999. The predicted molar refractivity (Wildman–Crippen MR) is 145 cm³/mol. The molecule has 0 spiro atoms. The zero-order valence-corrected chi connectivity index (χ0v) is 24.7. The van der Waals surface area contributed by atoms with Crippen LogP contribution in [0.2, 0.25) is 0 Å². The summed E-state index contributed by atoms with van der Waals surface area (Å²) in [6.45, 7) is 14.0. The zero-order chi connectivity index (χ0) is 29.5. The predicted octanol–water partition coefficient (Wildman–Crippen LogP) is 1.34. The lowest BCUT2D eigenvalue weighted by atomic mass is 9.80. The van der Waals surface area contributed by atoms with E-state index in [-0.39, 0.29) is 35.7 Å². The third kappa shape index (κ3) is 6.73. The molecule has 1 aliphatic heterocycles. The number of carbonyl (C=O) groups is 5. The molecular weight excluding hydrogens is 502 g/mol. The normalized spacial score (nSPS) is 25.5. The SMILES string of the molecule is COCC(C)(C)NC(=O)N[C@H](C(=O)N1CC2C([C@H]1C(=O)NC(CC1CCC1)C(=O)C(N)=O)C2(C)C)C(C)(C)C. The highest BCUT2D eigenvalue weighted by molar-refractivity contribution is 6.37. The Balaban J connectivity index is 1.82. The molecule has 3 aliphatic rings. The number of fused-ring (bicyclic) bond motifs is 1. The topological polar surface area (TPSA) is 160 Å². The van der Waals surface area contributed by atoms with Crippen molar-refractivity contribution in [3.8, 4) is 0 Å². The lowest BCUT2D eigenvalue weighted by molar-refractivity contribution is -0.145. The van der Waals surface area contributed by atoms with Crippen molar-refractivity contribution in [1.82, 2.24) is 20.9 Å². The number of ether oxygens (including phenoxy) is 1. The molecule has 0 radical (unpaired) electrons. The molecule has 11 heteroatoms. The lowest BCUT2D eigenvalue weighted by Crippen LogP contribution is -2.62. The van der Waals surface area contributed by atoms with Crippen molar-refractivity contribution in [3.63, 3.8) is 0 Å². The number of Topliss-reactive ketones (excluding diaryl/α,β-unsaturated/α-hetero) is 1. The molecule has 3 fully saturated rings. The van der Waals surface area contributed by atoms with E-state index in [9.17, 15) is 24.0 Å². The van der Waals surface area contributed by atoms with Crippen LogP contribution < -0.4 is 21.7 Å². The average molecular weight is 550 g/mol. The number of nitrogens with zero attached hydrogens (tertiary/aromatic N) is 1. The second-order valence-electron chi connectivity index (χ2n) is 13.9. The molecular formula is C28H47N5O6. The Morgan fingerprint density at radius 1 is 1.05 bits per heavy atom. The van der Waals surface area contributed by atoms with E-state index in [1.165, 1.54) is 0 Å². The molecule has 0 bridgehead atoms. The molecule has 2 aliphatic carbocycles. The molecule has 39 heavy (non-hydrogen) atoms. The van der Waals surface area contributed by atoms with Crippen LogP contribution >= 0.6 is 0 Å². The minimum atomic E-state index is -1.08. The molecule has 5 N–H and O–H groups in total. The first-order chi connectivity index (χ1) is 17.9. The summed E-state index contributed by atoms with van der Waals surface area (Å²) in [6.07, 6.45) is 3.28. The molecule has 11 nitrogen and oxygen atoms in total. The number of amides is 5. The Kier molecular flexibility index (Phi) is 8.75. The maximum atomic E-state index is 14.0. The van der Waals surface area contributed by atoms with Crippen molar-refractivity contribution in [2.45, 2.75) is 97.8 Å². The van der Waals surface area contributed by atoms with E-state index in [1.807, 2.05) is 34.6 Å². The fraction of sp³-hybridized carbons (Fsp3) is 0.821. The monoisotopic (exact) mass is 549 g/mol. The summed E-state index contributed by atoms with van der Waals surface area (Å²) in [7, 11) is 1.54. The van der Waals surface area contributed by atoms with Gasteiger partial charge in [0.1, 0.15) is 12.1 Å². The van der Waals surface area contributed by atoms with Gasteiger partial charge in [0.2, 0.25) is 17.6 Å². The van der Waals surface area contributed by atoms with Gasteiger partial charge in [0.15, 0.2) is 0 Å². The molecule has 5 atom stereocenters. The largest absolute Gasteiger partial charge is 0.382 e. The summed E-state index contributed by atoms with van der Waals surface area (Å²) in [6, 6.07) is -3.25. The minimum absolute atomic E-state index is 0.0930. The van der Waals surface area contributed by atoms with Gasteiger partial charge >= 0.3 is 6.03 Å². The first kappa shape index (κ1) is 30.8. The molecule has 5 amide bonds. The summed E-state index contributed by atoms with van der Waals surface area (Å²) in [4.78, 5) is 66.5. The third-order valence-corrected chi connectivity index (χ3v) is 8.78. The highest BCUT2D eigenvalue weighted by Gasteiger charge is 2.70. The number of nitrogens with two attached hydrogens (primary N) is 1. The second-order valence-corrected chi connectivity index (χ2v) is 13.9. The number of urea groups is 1. The lowest BCUT2D eigenvalue weighted by Gasteiger charge is -2.38. The Morgan fingerprint density at radius 3 is 2.15 bits per heavy atom. The second kappa shape index (κ2) is 11.1. The van der Waals surface area contributed by atoms with Crippen molar-refractivity contribution in [3.05, 3.63) is 0 Å². The van der Waals surface area contributed by atoms with Crippen molar-refractivity contribution in [1.29, 1.82) is 0 Å². The van der Waals surface area contributed by atoms with Gasteiger partial charge < -0.3 is 31.3 Å².